The van der Waals surface area contributed by atoms with Gasteiger partial charge >= 0.3 is 0 Å². The minimum absolute atomic E-state index is 0.108. The van der Waals surface area contributed by atoms with Crippen molar-refractivity contribution in [2.24, 2.45) is 11.7 Å². The molecular weight excluding hydrogens is 232 g/mol. The van der Waals surface area contributed by atoms with Crippen LogP contribution in [0.3, 0.4) is 0 Å². The molecule has 17 heavy (non-hydrogen) atoms. The van der Waals surface area contributed by atoms with Crippen LogP contribution in [0, 0.1) is 5.92 Å². The maximum absolute atomic E-state index is 12.0. The minimum Gasteiger partial charge on any atom is -0.339 e. The van der Waals surface area contributed by atoms with Crippen molar-refractivity contribution in [2.45, 2.75) is 12.8 Å². The summed E-state index contributed by atoms with van der Waals surface area (Å²) in [5, 5.41) is 2.01. The highest BCUT2D eigenvalue weighted by Crippen LogP contribution is 2.16. The maximum Gasteiger partial charge on any atom is 0.246 e. The Morgan fingerprint density at radius 3 is 3.24 bits per heavy atom. The van der Waals surface area contributed by atoms with Gasteiger partial charge in [-0.25, -0.2) is 0 Å². The van der Waals surface area contributed by atoms with Crippen LogP contribution in [0.15, 0.2) is 23.6 Å². The van der Waals surface area contributed by atoms with Crippen LogP contribution in [0.4, 0.5) is 0 Å². The molecule has 2 rings (SSSR count). The molecule has 0 radical (unpaired) electrons. The Bertz CT molecular complexity index is 386. The van der Waals surface area contributed by atoms with E-state index in [2.05, 4.69) is 0 Å². The van der Waals surface area contributed by atoms with Crippen LogP contribution in [-0.2, 0) is 4.79 Å². The summed E-state index contributed by atoms with van der Waals surface area (Å²) in [5.41, 5.74) is 5.66. The molecular formula is C13H18N2OS. The highest BCUT2D eigenvalue weighted by Gasteiger charge is 2.20. The van der Waals surface area contributed by atoms with Gasteiger partial charge in [-0.2, -0.15) is 0 Å². The highest BCUT2D eigenvalue weighted by molar-refractivity contribution is 7.10. The van der Waals surface area contributed by atoms with Gasteiger partial charge in [-0.1, -0.05) is 6.07 Å². The summed E-state index contributed by atoms with van der Waals surface area (Å²) >= 11 is 1.64. The average molecular weight is 250 g/mol. The summed E-state index contributed by atoms with van der Waals surface area (Å²) in [6.45, 7) is 2.35. The highest BCUT2D eigenvalue weighted by atomic mass is 32.1. The molecule has 1 aromatic rings. The Kier molecular flexibility index (Phi) is 4.34. The predicted molar refractivity (Wildman–Crippen MR) is 71.7 cm³/mol. The van der Waals surface area contributed by atoms with E-state index in [-0.39, 0.29) is 5.91 Å². The molecule has 0 bridgehead atoms. The van der Waals surface area contributed by atoms with E-state index in [4.69, 9.17) is 5.73 Å². The van der Waals surface area contributed by atoms with E-state index >= 15 is 0 Å². The first-order valence-corrected chi connectivity index (χ1v) is 6.88. The molecule has 0 spiro atoms. The molecule has 2 heterocycles. The number of carbonyl (C=O) groups is 1. The lowest BCUT2D eigenvalue weighted by atomic mass is 9.98. The second-order valence-electron chi connectivity index (χ2n) is 4.38. The van der Waals surface area contributed by atoms with Gasteiger partial charge < -0.3 is 10.6 Å². The number of thiophene rings is 1. The monoisotopic (exact) mass is 250 g/mol. The summed E-state index contributed by atoms with van der Waals surface area (Å²) in [4.78, 5) is 15.0. The third-order valence-electron chi connectivity index (χ3n) is 3.10. The van der Waals surface area contributed by atoms with E-state index in [0.29, 0.717) is 12.5 Å². The zero-order chi connectivity index (χ0) is 12.1. The zero-order valence-electron chi connectivity index (χ0n) is 9.84. The van der Waals surface area contributed by atoms with Crippen LogP contribution < -0.4 is 5.73 Å². The van der Waals surface area contributed by atoms with E-state index in [1.54, 1.807) is 17.4 Å². The number of carbonyl (C=O) groups excluding carboxylic acids is 1. The van der Waals surface area contributed by atoms with Crippen molar-refractivity contribution in [3.05, 3.63) is 28.5 Å². The summed E-state index contributed by atoms with van der Waals surface area (Å²) in [6, 6.07) is 3.99. The Morgan fingerprint density at radius 1 is 1.65 bits per heavy atom. The van der Waals surface area contributed by atoms with Crippen LogP contribution in [-0.4, -0.2) is 30.4 Å². The Hall–Kier alpha value is -1.13. The number of piperidine rings is 1. The number of hydrogen-bond acceptors (Lipinski definition) is 3. The molecule has 1 atom stereocenters. The maximum atomic E-state index is 12.0. The third kappa shape index (κ3) is 3.41. The topological polar surface area (TPSA) is 46.3 Å². The van der Waals surface area contributed by atoms with Gasteiger partial charge in [0.05, 0.1) is 0 Å². The molecule has 1 fully saturated rings. The Labute approximate surface area is 106 Å². The molecule has 0 saturated carbocycles. The number of hydrogen-bond donors (Lipinski definition) is 1. The van der Waals surface area contributed by atoms with Gasteiger partial charge in [0.15, 0.2) is 0 Å². The predicted octanol–water partition coefficient (Wildman–Crippen LogP) is 1.96. The standard InChI is InChI=1S/C13H18N2OS/c14-9-11-3-1-7-15(10-11)13(16)6-5-12-4-2-8-17-12/h2,4-6,8,11H,1,3,7,9-10,14H2. The van der Waals surface area contributed by atoms with Gasteiger partial charge in [0.25, 0.3) is 0 Å². The fraction of sp³-hybridized carbons (Fsp3) is 0.462. The molecule has 1 aliphatic heterocycles. The van der Waals surface area contributed by atoms with Gasteiger partial charge in [-0.05, 0) is 42.8 Å². The third-order valence-corrected chi connectivity index (χ3v) is 3.93. The van der Waals surface area contributed by atoms with Crippen LogP contribution in [0.25, 0.3) is 6.08 Å². The first-order chi connectivity index (χ1) is 8.29. The van der Waals surface area contributed by atoms with Crippen molar-refractivity contribution in [3.8, 4) is 0 Å². The smallest absolute Gasteiger partial charge is 0.246 e. The van der Waals surface area contributed by atoms with E-state index < -0.39 is 0 Å². The zero-order valence-corrected chi connectivity index (χ0v) is 10.7. The van der Waals surface area contributed by atoms with Crippen LogP contribution in [0.5, 0.6) is 0 Å². The number of nitrogens with two attached hydrogens (primary N) is 1. The largest absolute Gasteiger partial charge is 0.339 e. The molecule has 0 aliphatic carbocycles. The van der Waals surface area contributed by atoms with E-state index in [0.717, 1.165) is 30.8 Å². The molecule has 1 aliphatic rings. The first kappa shape index (κ1) is 12.3. The molecule has 1 aromatic heterocycles. The second-order valence-corrected chi connectivity index (χ2v) is 5.36. The van der Waals surface area contributed by atoms with Crippen LogP contribution in [0.1, 0.15) is 17.7 Å². The Balaban J connectivity index is 1.91. The minimum atomic E-state index is 0.108. The molecule has 92 valence electrons. The Morgan fingerprint density at radius 2 is 2.53 bits per heavy atom. The van der Waals surface area contributed by atoms with Gasteiger partial charge in [0.2, 0.25) is 5.91 Å². The van der Waals surface area contributed by atoms with Crippen molar-refractivity contribution in [1.82, 2.24) is 4.90 Å². The lowest BCUT2D eigenvalue weighted by Gasteiger charge is -2.31. The van der Waals surface area contributed by atoms with Gasteiger partial charge in [0, 0.05) is 24.0 Å². The van der Waals surface area contributed by atoms with E-state index in [9.17, 15) is 4.79 Å². The van der Waals surface area contributed by atoms with Gasteiger partial charge in [-0.3, -0.25) is 4.79 Å². The van der Waals surface area contributed by atoms with Gasteiger partial charge in [0.1, 0.15) is 0 Å². The number of likely N-dealkylation sites (tertiary alicyclic amines) is 1. The molecule has 1 saturated heterocycles. The molecule has 1 unspecified atom stereocenters. The lowest BCUT2D eigenvalue weighted by molar-refractivity contribution is -0.127. The van der Waals surface area contributed by atoms with Crippen molar-refractivity contribution in [1.29, 1.82) is 0 Å². The fourth-order valence-corrected chi connectivity index (χ4v) is 2.72. The van der Waals surface area contributed by atoms with Crippen molar-refractivity contribution >= 4 is 23.3 Å². The number of nitrogens with zero attached hydrogens (tertiary/aromatic N) is 1. The fourth-order valence-electron chi connectivity index (χ4n) is 2.10. The van der Waals surface area contributed by atoms with Crippen molar-refractivity contribution < 1.29 is 4.79 Å². The van der Waals surface area contributed by atoms with Crippen molar-refractivity contribution in [2.75, 3.05) is 19.6 Å². The summed E-state index contributed by atoms with van der Waals surface area (Å²) in [5.74, 6) is 0.583. The molecule has 1 amide bonds. The number of rotatable bonds is 3. The summed E-state index contributed by atoms with van der Waals surface area (Å²) < 4.78 is 0. The molecule has 3 nitrogen and oxygen atoms in total. The van der Waals surface area contributed by atoms with Crippen LogP contribution in [0.2, 0.25) is 0 Å². The second kappa shape index (κ2) is 5.98. The lowest BCUT2D eigenvalue weighted by Crippen LogP contribution is -2.41. The molecule has 2 N–H and O–H groups in total. The van der Waals surface area contributed by atoms with Crippen molar-refractivity contribution in [3.63, 3.8) is 0 Å². The molecule has 4 heteroatoms. The normalized spacial score (nSPS) is 21.0. The van der Waals surface area contributed by atoms with Gasteiger partial charge in [-0.15, -0.1) is 11.3 Å². The van der Waals surface area contributed by atoms with Crippen LogP contribution >= 0.6 is 11.3 Å². The molecule has 0 aromatic carbocycles. The summed E-state index contributed by atoms with van der Waals surface area (Å²) in [7, 11) is 0. The average Bonchev–Trinajstić information content (AvgIpc) is 2.89. The van der Waals surface area contributed by atoms with E-state index in [1.807, 2.05) is 28.5 Å². The van der Waals surface area contributed by atoms with E-state index in [1.165, 1.54) is 0 Å². The first-order valence-electron chi connectivity index (χ1n) is 6.00. The SMILES string of the molecule is NCC1CCCN(C(=O)C=Cc2cccs2)C1. The number of amides is 1. The summed E-state index contributed by atoms with van der Waals surface area (Å²) in [6.07, 6.45) is 5.78. The quantitative estimate of drug-likeness (QED) is 0.834.